The van der Waals surface area contributed by atoms with Crippen LogP contribution in [0.3, 0.4) is 0 Å². The molecule has 0 bridgehead atoms. The van der Waals surface area contributed by atoms with Crippen LogP contribution in [-0.4, -0.2) is 66.6 Å². The number of benzene rings is 1. The van der Waals surface area contributed by atoms with Crippen molar-refractivity contribution in [3.05, 3.63) is 28.7 Å². The first-order valence-electron chi connectivity index (χ1n) is 8.89. The first-order valence-corrected chi connectivity index (χ1v) is 10.1. The molecule has 29 heavy (non-hydrogen) atoms. The second-order valence-electron chi connectivity index (χ2n) is 6.57. The maximum absolute atomic E-state index is 12.6. The standard InChI is InChI=1S/C19H22N2O5S2.ClH/c1-20(2)8-9-24-17(22)4-3-7-21-18(23)16(28-19(21)27)11-13-5-6-14-15(10-13)26-12-25-14;/h5-6,10-11H,3-4,7-9,12H2,1-2H3;1H/b16-11-;. The van der Waals surface area contributed by atoms with Crippen molar-refractivity contribution in [1.29, 1.82) is 0 Å². The van der Waals surface area contributed by atoms with Crippen LogP contribution >= 0.6 is 36.4 Å². The van der Waals surface area contributed by atoms with E-state index in [-0.39, 0.29) is 37.5 Å². The molecule has 1 amide bonds. The summed E-state index contributed by atoms with van der Waals surface area (Å²) in [4.78, 5) is 28.4. The third kappa shape index (κ3) is 6.33. The van der Waals surface area contributed by atoms with Crippen molar-refractivity contribution in [3.8, 4) is 11.5 Å². The normalized spacial score (nSPS) is 16.5. The van der Waals surface area contributed by atoms with Gasteiger partial charge in [-0.25, -0.2) is 0 Å². The van der Waals surface area contributed by atoms with Crippen LogP contribution in [0.15, 0.2) is 23.1 Å². The van der Waals surface area contributed by atoms with Crippen LogP contribution in [0.25, 0.3) is 6.08 Å². The average Bonchev–Trinajstić information content (AvgIpc) is 3.20. The van der Waals surface area contributed by atoms with E-state index in [4.69, 9.17) is 26.4 Å². The van der Waals surface area contributed by atoms with Crippen LogP contribution in [0.2, 0.25) is 0 Å². The van der Waals surface area contributed by atoms with Gasteiger partial charge in [0, 0.05) is 19.5 Å². The number of amides is 1. The third-order valence-electron chi connectivity index (χ3n) is 4.13. The van der Waals surface area contributed by atoms with E-state index in [1.807, 2.05) is 37.2 Å². The van der Waals surface area contributed by atoms with E-state index in [1.165, 1.54) is 16.7 Å². The number of hydrogen-bond acceptors (Lipinski definition) is 8. The molecule has 0 unspecified atom stereocenters. The molecule has 0 saturated carbocycles. The number of thiocarbonyl (C=S) groups is 1. The smallest absolute Gasteiger partial charge is 0.305 e. The van der Waals surface area contributed by atoms with Gasteiger partial charge in [-0.1, -0.05) is 30.0 Å². The second-order valence-corrected chi connectivity index (χ2v) is 8.25. The van der Waals surface area contributed by atoms with Crippen LogP contribution in [0.4, 0.5) is 0 Å². The molecular formula is C19H23ClN2O5S2. The largest absolute Gasteiger partial charge is 0.464 e. The Morgan fingerprint density at radius 3 is 2.86 bits per heavy atom. The lowest BCUT2D eigenvalue weighted by Gasteiger charge is -2.14. The van der Waals surface area contributed by atoms with Crippen molar-refractivity contribution in [2.75, 3.05) is 40.6 Å². The fraction of sp³-hybridized carbons (Fsp3) is 0.421. The summed E-state index contributed by atoms with van der Waals surface area (Å²) < 4.78 is 16.3. The molecule has 1 aromatic rings. The number of nitrogens with zero attached hydrogens (tertiary/aromatic N) is 2. The van der Waals surface area contributed by atoms with E-state index in [0.717, 1.165) is 5.56 Å². The van der Waals surface area contributed by atoms with Gasteiger partial charge >= 0.3 is 5.97 Å². The summed E-state index contributed by atoms with van der Waals surface area (Å²) in [6, 6.07) is 5.51. The van der Waals surface area contributed by atoms with Crippen LogP contribution < -0.4 is 9.47 Å². The summed E-state index contributed by atoms with van der Waals surface area (Å²) in [6.45, 7) is 1.65. The molecule has 2 heterocycles. The van der Waals surface area contributed by atoms with Crippen LogP contribution in [0, 0.1) is 0 Å². The van der Waals surface area contributed by atoms with Gasteiger partial charge in [0.15, 0.2) is 11.5 Å². The van der Waals surface area contributed by atoms with Gasteiger partial charge in [0.2, 0.25) is 6.79 Å². The fourth-order valence-electron chi connectivity index (χ4n) is 2.64. The molecule has 0 N–H and O–H groups in total. The monoisotopic (exact) mass is 458 g/mol. The van der Waals surface area contributed by atoms with E-state index >= 15 is 0 Å². The number of carbonyl (C=O) groups excluding carboxylic acids is 2. The van der Waals surface area contributed by atoms with Gasteiger partial charge < -0.3 is 19.1 Å². The number of thioether (sulfide) groups is 1. The van der Waals surface area contributed by atoms with E-state index in [0.29, 0.717) is 46.8 Å². The highest BCUT2D eigenvalue weighted by Crippen LogP contribution is 2.36. The van der Waals surface area contributed by atoms with Crippen molar-refractivity contribution in [2.24, 2.45) is 0 Å². The number of hydrogen-bond donors (Lipinski definition) is 0. The number of esters is 1. The number of halogens is 1. The number of ether oxygens (including phenoxy) is 3. The molecule has 1 fully saturated rings. The maximum atomic E-state index is 12.6. The molecule has 7 nitrogen and oxygen atoms in total. The van der Waals surface area contributed by atoms with Crippen molar-refractivity contribution in [1.82, 2.24) is 9.80 Å². The Bertz CT molecular complexity index is 816. The summed E-state index contributed by atoms with van der Waals surface area (Å²) in [5, 5.41) is 0. The first-order chi connectivity index (χ1) is 13.4. The van der Waals surface area contributed by atoms with Crippen molar-refractivity contribution >= 4 is 58.7 Å². The van der Waals surface area contributed by atoms with E-state index < -0.39 is 0 Å². The molecule has 0 radical (unpaired) electrons. The predicted molar refractivity (Wildman–Crippen MR) is 118 cm³/mol. The first kappa shape index (κ1) is 23.5. The lowest BCUT2D eigenvalue weighted by atomic mass is 10.2. The summed E-state index contributed by atoms with van der Waals surface area (Å²) in [6.07, 6.45) is 2.55. The molecule has 0 aromatic heterocycles. The highest BCUT2D eigenvalue weighted by molar-refractivity contribution is 8.26. The van der Waals surface area contributed by atoms with E-state index in [1.54, 1.807) is 6.08 Å². The van der Waals surface area contributed by atoms with E-state index in [2.05, 4.69) is 0 Å². The quantitative estimate of drug-likeness (QED) is 0.334. The van der Waals surface area contributed by atoms with Gasteiger partial charge in [0.25, 0.3) is 5.91 Å². The average molecular weight is 459 g/mol. The lowest BCUT2D eigenvalue weighted by Crippen LogP contribution is -2.29. The minimum Gasteiger partial charge on any atom is -0.464 e. The van der Waals surface area contributed by atoms with Gasteiger partial charge in [-0.3, -0.25) is 14.5 Å². The van der Waals surface area contributed by atoms with Gasteiger partial charge in [0.05, 0.1) is 4.91 Å². The highest BCUT2D eigenvalue weighted by Gasteiger charge is 2.31. The Morgan fingerprint density at radius 1 is 1.34 bits per heavy atom. The molecule has 3 rings (SSSR count). The zero-order chi connectivity index (χ0) is 20.1. The van der Waals surface area contributed by atoms with Gasteiger partial charge in [0.1, 0.15) is 10.9 Å². The van der Waals surface area contributed by atoms with Crippen LogP contribution in [0.5, 0.6) is 11.5 Å². The summed E-state index contributed by atoms with van der Waals surface area (Å²) in [5.74, 6) is 0.955. The summed E-state index contributed by atoms with van der Waals surface area (Å²) in [5.41, 5.74) is 0.842. The summed E-state index contributed by atoms with van der Waals surface area (Å²) >= 11 is 6.59. The third-order valence-corrected chi connectivity index (χ3v) is 5.51. The molecule has 158 valence electrons. The number of likely N-dealkylation sites (N-methyl/N-ethyl adjacent to an activating group) is 1. The zero-order valence-corrected chi connectivity index (χ0v) is 18.7. The minimum atomic E-state index is -0.261. The second kappa shape index (κ2) is 10.8. The molecule has 0 aliphatic carbocycles. The summed E-state index contributed by atoms with van der Waals surface area (Å²) in [7, 11) is 3.83. The Morgan fingerprint density at radius 2 is 2.10 bits per heavy atom. The Hall–Kier alpha value is -1.81. The van der Waals surface area contributed by atoms with Gasteiger partial charge in [-0.2, -0.15) is 0 Å². The van der Waals surface area contributed by atoms with Crippen LogP contribution in [-0.2, 0) is 14.3 Å². The lowest BCUT2D eigenvalue weighted by molar-refractivity contribution is -0.144. The number of rotatable bonds is 8. The highest BCUT2D eigenvalue weighted by atomic mass is 35.5. The molecular weight excluding hydrogens is 436 g/mol. The SMILES string of the molecule is CN(C)CCOC(=O)CCCN1C(=O)/C(=C/c2ccc3c(c2)OCO3)SC1=S.Cl. The Kier molecular flexibility index (Phi) is 8.76. The Labute approximate surface area is 185 Å². The van der Waals surface area contributed by atoms with Crippen molar-refractivity contribution in [2.45, 2.75) is 12.8 Å². The molecule has 1 aromatic carbocycles. The molecule has 10 heteroatoms. The molecule has 2 aliphatic rings. The number of fused-ring (bicyclic) bond motifs is 1. The van der Waals surface area contributed by atoms with Crippen molar-refractivity contribution < 1.29 is 23.8 Å². The fourth-order valence-corrected chi connectivity index (χ4v) is 3.95. The van der Waals surface area contributed by atoms with Crippen LogP contribution in [0.1, 0.15) is 18.4 Å². The topological polar surface area (TPSA) is 68.3 Å². The van der Waals surface area contributed by atoms with Crippen molar-refractivity contribution in [3.63, 3.8) is 0 Å². The zero-order valence-electron chi connectivity index (χ0n) is 16.2. The number of carbonyl (C=O) groups is 2. The molecule has 2 aliphatic heterocycles. The maximum Gasteiger partial charge on any atom is 0.305 e. The Balaban J connectivity index is 0.00000300. The minimum absolute atomic E-state index is 0. The van der Waals surface area contributed by atoms with Gasteiger partial charge in [-0.05, 0) is 44.3 Å². The van der Waals surface area contributed by atoms with Gasteiger partial charge in [-0.15, -0.1) is 12.4 Å². The van der Waals surface area contributed by atoms with E-state index in [9.17, 15) is 9.59 Å². The predicted octanol–water partition coefficient (Wildman–Crippen LogP) is 2.92. The molecule has 0 atom stereocenters. The molecule has 1 saturated heterocycles. The molecule has 0 spiro atoms.